The van der Waals surface area contributed by atoms with Crippen LogP contribution in [-0.2, 0) is 5.75 Å². The van der Waals surface area contributed by atoms with Crippen LogP contribution in [0.2, 0.25) is 0 Å². The van der Waals surface area contributed by atoms with Crippen LogP contribution in [0.5, 0.6) is 11.5 Å². The van der Waals surface area contributed by atoms with Gasteiger partial charge in [0.05, 0.1) is 17.1 Å². The predicted octanol–water partition coefficient (Wildman–Crippen LogP) is 4.67. The molecule has 34 heavy (non-hydrogen) atoms. The van der Waals surface area contributed by atoms with Gasteiger partial charge < -0.3 is 9.84 Å². The normalized spacial score (nSPS) is 11.1. The molecule has 10 heteroatoms. The second-order valence-electron chi connectivity index (χ2n) is 7.56. The van der Waals surface area contributed by atoms with E-state index in [1.54, 1.807) is 22.9 Å². The van der Waals surface area contributed by atoms with Crippen LogP contribution in [0.25, 0.3) is 16.5 Å². The van der Waals surface area contributed by atoms with Gasteiger partial charge in [-0.2, -0.15) is 14.5 Å². The SMILES string of the molecule is Cc1nn(C(=O)Oc2ccc(O)c3ccccc23)c(C)c1CSc1nnnn1-c1ccccc1. The Morgan fingerprint density at radius 1 is 1.00 bits per heavy atom. The number of benzene rings is 3. The molecule has 0 fully saturated rings. The zero-order valence-corrected chi connectivity index (χ0v) is 19.2. The Labute approximate surface area is 199 Å². The quantitative estimate of drug-likeness (QED) is 0.368. The average molecular weight is 473 g/mol. The van der Waals surface area contributed by atoms with Gasteiger partial charge in [-0.3, -0.25) is 0 Å². The second kappa shape index (κ2) is 8.99. The number of hydrogen-bond acceptors (Lipinski definition) is 8. The van der Waals surface area contributed by atoms with Gasteiger partial charge >= 0.3 is 6.09 Å². The third-order valence-electron chi connectivity index (χ3n) is 5.46. The van der Waals surface area contributed by atoms with E-state index in [0.717, 1.165) is 16.9 Å². The van der Waals surface area contributed by atoms with Crippen molar-refractivity contribution in [1.82, 2.24) is 30.0 Å². The largest absolute Gasteiger partial charge is 0.507 e. The molecule has 9 nitrogen and oxygen atoms in total. The van der Waals surface area contributed by atoms with E-state index in [1.165, 1.54) is 22.5 Å². The molecule has 0 aliphatic rings. The van der Waals surface area contributed by atoms with Gasteiger partial charge in [0, 0.05) is 22.1 Å². The van der Waals surface area contributed by atoms with Gasteiger partial charge in [-0.1, -0.05) is 54.2 Å². The zero-order chi connectivity index (χ0) is 23.7. The van der Waals surface area contributed by atoms with Gasteiger partial charge in [-0.15, -0.1) is 5.10 Å². The van der Waals surface area contributed by atoms with Crippen molar-refractivity contribution in [2.45, 2.75) is 24.8 Å². The molecule has 0 spiro atoms. The van der Waals surface area contributed by atoms with Gasteiger partial charge in [0.15, 0.2) is 0 Å². The molecule has 0 bridgehead atoms. The molecule has 0 saturated heterocycles. The van der Waals surface area contributed by atoms with Crippen molar-refractivity contribution >= 4 is 28.6 Å². The summed E-state index contributed by atoms with van der Waals surface area (Å²) in [6.07, 6.45) is -0.623. The number of phenolic OH excluding ortho intramolecular Hbond substituents is 1. The zero-order valence-electron chi connectivity index (χ0n) is 18.4. The van der Waals surface area contributed by atoms with Crippen LogP contribution in [0.3, 0.4) is 0 Å². The lowest BCUT2D eigenvalue weighted by Gasteiger charge is -2.09. The Bertz CT molecular complexity index is 1500. The van der Waals surface area contributed by atoms with Crippen LogP contribution >= 0.6 is 11.8 Å². The van der Waals surface area contributed by atoms with Gasteiger partial charge in [0.1, 0.15) is 11.5 Å². The van der Waals surface area contributed by atoms with Crippen molar-refractivity contribution in [3.05, 3.63) is 83.7 Å². The smallest absolute Gasteiger partial charge is 0.440 e. The second-order valence-corrected chi connectivity index (χ2v) is 8.50. The highest BCUT2D eigenvalue weighted by Gasteiger charge is 2.20. The Morgan fingerprint density at radius 2 is 1.74 bits per heavy atom. The number of para-hydroxylation sites is 1. The van der Waals surface area contributed by atoms with Crippen molar-refractivity contribution in [2.24, 2.45) is 0 Å². The molecule has 3 aromatic carbocycles. The number of aromatic hydroxyl groups is 1. The van der Waals surface area contributed by atoms with E-state index < -0.39 is 6.09 Å². The summed E-state index contributed by atoms with van der Waals surface area (Å²) < 4.78 is 8.58. The van der Waals surface area contributed by atoms with Crippen molar-refractivity contribution in [3.8, 4) is 17.2 Å². The summed E-state index contributed by atoms with van der Waals surface area (Å²) in [5.74, 6) is 1.00. The minimum atomic E-state index is -0.623. The third kappa shape index (κ3) is 3.99. The highest BCUT2D eigenvalue weighted by molar-refractivity contribution is 7.98. The molecule has 1 N–H and O–H groups in total. The number of aromatic nitrogens is 6. The Morgan fingerprint density at radius 3 is 2.53 bits per heavy atom. The molecule has 0 radical (unpaired) electrons. The summed E-state index contributed by atoms with van der Waals surface area (Å²) in [6, 6.07) is 19.9. The summed E-state index contributed by atoms with van der Waals surface area (Å²) in [7, 11) is 0. The maximum atomic E-state index is 13.0. The highest BCUT2D eigenvalue weighted by atomic mass is 32.2. The molecule has 2 heterocycles. The summed E-state index contributed by atoms with van der Waals surface area (Å²) in [6.45, 7) is 3.68. The maximum Gasteiger partial charge on any atom is 0.440 e. The molecule has 5 aromatic rings. The fourth-order valence-corrected chi connectivity index (χ4v) is 4.73. The summed E-state index contributed by atoms with van der Waals surface area (Å²) in [5, 5.41) is 28.4. The van der Waals surface area contributed by atoms with Gasteiger partial charge in [-0.25, -0.2) is 4.79 Å². The predicted molar refractivity (Wildman–Crippen MR) is 127 cm³/mol. The lowest BCUT2D eigenvalue weighted by Crippen LogP contribution is -2.19. The van der Waals surface area contributed by atoms with E-state index >= 15 is 0 Å². The Hall–Kier alpha value is -4.18. The van der Waals surface area contributed by atoms with E-state index in [1.807, 2.05) is 56.3 Å². The van der Waals surface area contributed by atoms with Crippen molar-refractivity contribution in [3.63, 3.8) is 0 Å². The van der Waals surface area contributed by atoms with E-state index in [0.29, 0.717) is 33.1 Å². The number of nitrogens with zero attached hydrogens (tertiary/aromatic N) is 6. The van der Waals surface area contributed by atoms with E-state index in [2.05, 4.69) is 20.6 Å². The number of fused-ring (bicyclic) bond motifs is 1. The van der Waals surface area contributed by atoms with Crippen molar-refractivity contribution in [1.29, 1.82) is 0 Å². The third-order valence-corrected chi connectivity index (χ3v) is 6.41. The number of phenols is 1. The Kier molecular flexibility index (Phi) is 5.72. The lowest BCUT2D eigenvalue weighted by atomic mass is 10.1. The Balaban J connectivity index is 1.37. The number of tetrazole rings is 1. The first-order valence-corrected chi connectivity index (χ1v) is 11.5. The number of carbonyl (C=O) groups excluding carboxylic acids is 1. The van der Waals surface area contributed by atoms with Crippen molar-refractivity contribution < 1.29 is 14.6 Å². The topological polar surface area (TPSA) is 108 Å². The highest BCUT2D eigenvalue weighted by Crippen LogP contribution is 2.33. The molecule has 0 aliphatic carbocycles. The molecule has 2 aromatic heterocycles. The number of carbonyl (C=O) groups is 1. The minimum absolute atomic E-state index is 0.124. The molecule has 5 rings (SSSR count). The van der Waals surface area contributed by atoms with Gasteiger partial charge in [0.2, 0.25) is 5.16 Å². The van der Waals surface area contributed by atoms with Crippen LogP contribution < -0.4 is 4.74 Å². The fraction of sp³-hybridized carbons (Fsp3) is 0.125. The van der Waals surface area contributed by atoms with Crippen LogP contribution in [0.15, 0.2) is 71.9 Å². The fourth-order valence-electron chi connectivity index (χ4n) is 3.68. The molecular formula is C24H20N6O3S. The number of hydrogen-bond donors (Lipinski definition) is 1. The lowest BCUT2D eigenvalue weighted by molar-refractivity contribution is 0.198. The number of aryl methyl sites for hydroxylation is 1. The molecule has 170 valence electrons. The molecule has 0 saturated carbocycles. The van der Waals surface area contributed by atoms with E-state index in [-0.39, 0.29) is 5.75 Å². The van der Waals surface area contributed by atoms with Crippen molar-refractivity contribution in [2.75, 3.05) is 0 Å². The minimum Gasteiger partial charge on any atom is -0.507 e. The molecule has 0 aliphatic heterocycles. The first-order valence-electron chi connectivity index (χ1n) is 10.5. The van der Waals surface area contributed by atoms with Gasteiger partial charge in [0.25, 0.3) is 0 Å². The molecule has 0 atom stereocenters. The molecule has 0 amide bonds. The van der Waals surface area contributed by atoms with Crippen LogP contribution in [0, 0.1) is 13.8 Å². The van der Waals surface area contributed by atoms with E-state index in [9.17, 15) is 9.90 Å². The monoisotopic (exact) mass is 472 g/mol. The van der Waals surface area contributed by atoms with Gasteiger partial charge in [-0.05, 0) is 48.5 Å². The summed E-state index contributed by atoms with van der Waals surface area (Å²) >= 11 is 1.46. The van der Waals surface area contributed by atoms with Crippen LogP contribution in [0.4, 0.5) is 4.79 Å². The average Bonchev–Trinajstić information content (AvgIpc) is 3.44. The number of thioether (sulfide) groups is 1. The summed E-state index contributed by atoms with van der Waals surface area (Å²) in [4.78, 5) is 13.0. The molecule has 0 unspecified atom stereocenters. The first-order chi connectivity index (χ1) is 16.5. The van der Waals surface area contributed by atoms with Crippen LogP contribution in [-0.4, -0.2) is 41.2 Å². The van der Waals surface area contributed by atoms with E-state index in [4.69, 9.17) is 4.74 Å². The summed E-state index contributed by atoms with van der Waals surface area (Å²) in [5.41, 5.74) is 3.16. The number of rotatable bonds is 5. The first kappa shape index (κ1) is 21.7. The van der Waals surface area contributed by atoms with Crippen LogP contribution in [0.1, 0.15) is 17.0 Å². The molecular weight excluding hydrogens is 452 g/mol. The number of ether oxygens (including phenoxy) is 1. The maximum absolute atomic E-state index is 13.0. The standard InChI is InChI=1S/C24H20N6O3S/c1-15-20(14-34-23-25-27-28-30(23)17-8-4-3-5-9-17)16(2)29(26-15)24(32)33-22-13-12-21(31)18-10-6-7-11-19(18)22/h3-13,31H,14H2,1-2H3.